The summed E-state index contributed by atoms with van der Waals surface area (Å²) in [7, 11) is -2.34. The van der Waals surface area contributed by atoms with E-state index in [1.54, 1.807) is 43.6 Å². The summed E-state index contributed by atoms with van der Waals surface area (Å²) in [6, 6.07) is 11.6. The minimum Gasteiger partial charge on any atom is -0.481 e. The molecule has 2 aromatic heterocycles. The van der Waals surface area contributed by atoms with Gasteiger partial charge in [0.1, 0.15) is 21.7 Å². The van der Waals surface area contributed by atoms with Gasteiger partial charge in [0.2, 0.25) is 10.0 Å². The molecular formula is C29H30F2N6O5S. The summed E-state index contributed by atoms with van der Waals surface area (Å²) in [5.41, 5.74) is 3.07. The van der Waals surface area contributed by atoms with Gasteiger partial charge in [-0.1, -0.05) is 23.4 Å². The van der Waals surface area contributed by atoms with Crippen LogP contribution in [0.25, 0.3) is 11.0 Å². The number of fused-ring (bicyclic) bond motifs is 4. The lowest BCUT2D eigenvalue weighted by atomic mass is 9.86. The number of ether oxygens (including phenoxy) is 1. The topological polar surface area (TPSA) is 131 Å². The maximum absolute atomic E-state index is 13.9. The lowest BCUT2D eigenvalue weighted by Gasteiger charge is -2.26. The first-order valence-corrected chi connectivity index (χ1v) is 15.3. The fourth-order valence-electron chi connectivity index (χ4n) is 6.16. The van der Waals surface area contributed by atoms with Crippen LogP contribution in [-0.4, -0.2) is 69.5 Å². The van der Waals surface area contributed by atoms with Crippen molar-refractivity contribution < 1.29 is 31.8 Å². The molecule has 0 radical (unpaired) electrons. The molecule has 4 aromatic rings. The Bertz CT molecular complexity index is 1810. The van der Waals surface area contributed by atoms with Crippen LogP contribution in [-0.2, 0) is 28.4 Å². The van der Waals surface area contributed by atoms with Crippen LogP contribution in [0.5, 0.6) is 5.75 Å². The van der Waals surface area contributed by atoms with Crippen LogP contribution in [0, 0.1) is 6.92 Å². The van der Waals surface area contributed by atoms with E-state index in [0.717, 1.165) is 24.9 Å². The van der Waals surface area contributed by atoms with Crippen molar-refractivity contribution in [3.63, 3.8) is 0 Å². The standard InChI is InChI=1S/C29H30F2N6O5S/c1-17-7-8-18(22(14-26(38)39)19-12-23-27(35(2)34-33-23)24(13-19)42-29(30)31)11-20(17)15-36-16-21-5-4-10-37(21)28-25(43(36,40)41)6-3-9-32-28/h3,6-9,11-13,21-22,29H,4-5,10,14-16H2,1-2H3,(H,38,39)/t21-,22?/m1/s1. The van der Waals surface area contributed by atoms with Gasteiger partial charge < -0.3 is 14.7 Å². The van der Waals surface area contributed by atoms with Crippen molar-refractivity contribution in [3.8, 4) is 5.75 Å². The number of aryl methyl sites for hydroxylation is 2. The van der Waals surface area contributed by atoms with E-state index in [2.05, 4.69) is 20.2 Å². The predicted molar refractivity (Wildman–Crippen MR) is 153 cm³/mol. The molecule has 226 valence electrons. The van der Waals surface area contributed by atoms with E-state index < -0.39 is 28.5 Å². The van der Waals surface area contributed by atoms with Crippen molar-refractivity contribution >= 4 is 32.8 Å². The summed E-state index contributed by atoms with van der Waals surface area (Å²) >= 11 is 0. The van der Waals surface area contributed by atoms with Gasteiger partial charge in [0.25, 0.3) is 0 Å². The molecule has 2 aromatic carbocycles. The maximum Gasteiger partial charge on any atom is 0.387 e. The van der Waals surface area contributed by atoms with E-state index in [4.69, 9.17) is 4.74 Å². The van der Waals surface area contributed by atoms with Crippen LogP contribution in [0.1, 0.15) is 47.4 Å². The maximum atomic E-state index is 13.9. The number of alkyl halides is 2. The summed E-state index contributed by atoms with van der Waals surface area (Å²) in [5, 5.41) is 17.8. The Morgan fingerprint density at radius 2 is 2.00 bits per heavy atom. The molecule has 0 saturated carbocycles. The van der Waals surface area contributed by atoms with Gasteiger partial charge in [0, 0.05) is 44.8 Å². The third kappa shape index (κ3) is 5.40. The molecule has 43 heavy (non-hydrogen) atoms. The molecule has 2 atom stereocenters. The molecule has 14 heteroatoms. The van der Waals surface area contributed by atoms with Crippen LogP contribution in [0.2, 0.25) is 0 Å². The van der Waals surface area contributed by atoms with E-state index in [-0.39, 0.29) is 40.7 Å². The highest BCUT2D eigenvalue weighted by atomic mass is 32.2. The number of rotatable bonds is 8. The number of benzene rings is 2. The monoisotopic (exact) mass is 612 g/mol. The van der Waals surface area contributed by atoms with Gasteiger partial charge in [-0.2, -0.15) is 13.1 Å². The number of carbonyl (C=O) groups is 1. The van der Waals surface area contributed by atoms with Crippen molar-refractivity contribution in [3.05, 3.63) is 70.9 Å². The van der Waals surface area contributed by atoms with Gasteiger partial charge in [0.05, 0.1) is 6.42 Å². The fraction of sp³-hybridized carbons (Fsp3) is 0.379. The average molecular weight is 613 g/mol. The van der Waals surface area contributed by atoms with E-state index in [0.29, 0.717) is 29.1 Å². The SMILES string of the molecule is Cc1ccc(C(CC(=O)O)c2cc(OC(F)F)c3c(c2)nnn3C)cc1CN1C[C@H]2CCCN2c2ncccc2S1(=O)=O. The molecule has 6 rings (SSSR count). The number of halogens is 2. The highest BCUT2D eigenvalue weighted by Gasteiger charge is 2.40. The predicted octanol–water partition coefficient (Wildman–Crippen LogP) is 4.05. The van der Waals surface area contributed by atoms with Crippen molar-refractivity contribution in [2.24, 2.45) is 7.05 Å². The number of aromatic nitrogens is 4. The Morgan fingerprint density at radius 3 is 2.77 bits per heavy atom. The van der Waals surface area contributed by atoms with Crippen LogP contribution in [0.3, 0.4) is 0 Å². The van der Waals surface area contributed by atoms with Crippen molar-refractivity contribution in [2.45, 2.75) is 56.2 Å². The number of sulfonamides is 1. The molecule has 4 heterocycles. The Morgan fingerprint density at radius 1 is 1.19 bits per heavy atom. The van der Waals surface area contributed by atoms with Crippen LogP contribution in [0.4, 0.5) is 14.6 Å². The van der Waals surface area contributed by atoms with Gasteiger partial charge in [-0.05, 0) is 66.3 Å². The van der Waals surface area contributed by atoms with Crippen molar-refractivity contribution in [1.29, 1.82) is 0 Å². The van der Waals surface area contributed by atoms with E-state index in [1.165, 1.54) is 15.1 Å². The first kappa shape index (κ1) is 28.9. The second-order valence-corrected chi connectivity index (χ2v) is 12.8. The number of nitrogens with zero attached hydrogens (tertiary/aromatic N) is 6. The minimum atomic E-state index is -3.89. The van der Waals surface area contributed by atoms with Crippen LogP contribution < -0.4 is 9.64 Å². The molecule has 11 nitrogen and oxygen atoms in total. The highest BCUT2D eigenvalue weighted by molar-refractivity contribution is 7.89. The average Bonchev–Trinajstić information content (AvgIpc) is 3.56. The molecule has 0 amide bonds. The highest BCUT2D eigenvalue weighted by Crippen LogP contribution is 2.38. The number of anilines is 1. The first-order valence-electron chi connectivity index (χ1n) is 13.8. The third-order valence-corrected chi connectivity index (χ3v) is 10.1. The summed E-state index contributed by atoms with van der Waals surface area (Å²) < 4.78 is 62.0. The quantitative estimate of drug-likeness (QED) is 0.313. The molecule has 1 N–H and O–H groups in total. The van der Waals surface area contributed by atoms with E-state index in [1.807, 2.05) is 13.0 Å². The molecule has 0 aliphatic carbocycles. The second-order valence-electron chi connectivity index (χ2n) is 10.9. The van der Waals surface area contributed by atoms with E-state index in [9.17, 15) is 27.1 Å². The molecule has 0 bridgehead atoms. The van der Waals surface area contributed by atoms with Crippen LogP contribution >= 0.6 is 0 Å². The van der Waals surface area contributed by atoms with Gasteiger partial charge in [-0.3, -0.25) is 4.79 Å². The number of hydrogen-bond acceptors (Lipinski definition) is 8. The third-order valence-electron chi connectivity index (χ3n) is 8.24. The lowest BCUT2D eigenvalue weighted by Crippen LogP contribution is -2.39. The minimum absolute atomic E-state index is 0.0128. The number of hydrogen-bond donors (Lipinski definition) is 1. The summed E-state index contributed by atoms with van der Waals surface area (Å²) in [6.45, 7) is -0.143. The number of carboxylic acid groups (broad SMARTS) is 1. The van der Waals surface area contributed by atoms with Crippen molar-refractivity contribution in [2.75, 3.05) is 18.0 Å². The molecule has 1 fully saturated rings. The number of aliphatic carboxylic acids is 1. The Balaban J connectivity index is 1.40. The van der Waals surface area contributed by atoms with Gasteiger partial charge in [0.15, 0.2) is 5.75 Å². The fourth-order valence-corrected chi connectivity index (χ4v) is 7.77. The zero-order valence-corrected chi connectivity index (χ0v) is 24.3. The zero-order chi connectivity index (χ0) is 30.5. The largest absolute Gasteiger partial charge is 0.481 e. The Hall–Kier alpha value is -4.17. The lowest BCUT2D eigenvalue weighted by molar-refractivity contribution is -0.137. The molecule has 1 unspecified atom stereocenters. The number of carboxylic acids is 1. The molecule has 2 aliphatic rings. The molecular weight excluding hydrogens is 582 g/mol. The van der Waals surface area contributed by atoms with Crippen LogP contribution in [0.15, 0.2) is 53.6 Å². The van der Waals surface area contributed by atoms with Gasteiger partial charge >= 0.3 is 12.6 Å². The molecule has 0 spiro atoms. The second kappa shape index (κ2) is 11.2. The number of pyridine rings is 1. The van der Waals surface area contributed by atoms with Gasteiger partial charge in [-0.25, -0.2) is 18.1 Å². The first-order chi connectivity index (χ1) is 20.5. The van der Waals surface area contributed by atoms with Gasteiger partial charge in [-0.15, -0.1) is 5.10 Å². The zero-order valence-electron chi connectivity index (χ0n) is 23.5. The normalized spacial score (nSPS) is 18.8. The molecule has 1 saturated heterocycles. The summed E-state index contributed by atoms with van der Waals surface area (Å²) in [6.07, 6.45) is 3.04. The molecule has 2 aliphatic heterocycles. The summed E-state index contributed by atoms with van der Waals surface area (Å²) in [5.74, 6) is -1.55. The van der Waals surface area contributed by atoms with Crippen molar-refractivity contribution in [1.82, 2.24) is 24.3 Å². The smallest absolute Gasteiger partial charge is 0.387 e. The Kier molecular flexibility index (Phi) is 7.50. The van der Waals surface area contributed by atoms with E-state index >= 15 is 0 Å². The summed E-state index contributed by atoms with van der Waals surface area (Å²) in [4.78, 5) is 18.7. The Labute approximate surface area is 246 Å².